The lowest BCUT2D eigenvalue weighted by Gasteiger charge is -2.13. The predicted molar refractivity (Wildman–Crippen MR) is 96.4 cm³/mol. The first kappa shape index (κ1) is 18.3. The zero-order valence-electron chi connectivity index (χ0n) is 14.8. The Kier molecular flexibility index (Phi) is 5.64. The molecular weight excluding hydrogens is 320 g/mol. The lowest BCUT2D eigenvalue weighted by Crippen LogP contribution is -2.25. The molecule has 0 heterocycles. The fourth-order valence-corrected chi connectivity index (χ4v) is 2.42. The number of aromatic hydroxyl groups is 2. The molecule has 3 N–H and O–H groups in total. The van der Waals surface area contributed by atoms with Gasteiger partial charge in [0, 0.05) is 11.6 Å². The van der Waals surface area contributed by atoms with Crippen molar-refractivity contribution in [2.24, 2.45) is 5.10 Å². The summed E-state index contributed by atoms with van der Waals surface area (Å²) in [6.07, 6.45) is 1.32. The van der Waals surface area contributed by atoms with Crippen LogP contribution in [0.3, 0.4) is 0 Å². The normalized spacial score (nSPS) is 10.9. The molecule has 0 saturated carbocycles. The fourth-order valence-electron chi connectivity index (χ4n) is 2.42. The Balaban J connectivity index is 1.97. The number of phenols is 2. The van der Waals surface area contributed by atoms with Crippen LogP contribution in [0, 0.1) is 27.7 Å². The van der Waals surface area contributed by atoms with Crippen LogP contribution < -0.4 is 10.2 Å². The smallest absolute Gasteiger partial charge is 0.277 e. The average molecular weight is 342 g/mol. The number of nitrogens with one attached hydrogen (secondary N) is 1. The highest BCUT2D eigenvalue weighted by Gasteiger charge is 2.09. The Hall–Kier alpha value is -3.02. The standard InChI is InChI=1S/C19H22N2O4/c1-11-5-6-12(2)19(14(11)4)25-10-18(24)21-20-9-16-13(3)7-15(22)8-17(16)23/h5-9,22-23H,10H2,1-4H3,(H,21,24)/b20-9-. The number of aryl methyl sites for hydroxylation is 3. The van der Waals surface area contributed by atoms with Gasteiger partial charge in [-0.3, -0.25) is 4.79 Å². The van der Waals surface area contributed by atoms with Crippen molar-refractivity contribution in [2.45, 2.75) is 27.7 Å². The monoisotopic (exact) mass is 342 g/mol. The molecule has 0 aromatic heterocycles. The molecular formula is C19H22N2O4. The zero-order chi connectivity index (χ0) is 18.6. The first-order chi connectivity index (χ1) is 11.8. The number of phenolic OH excluding ortho intramolecular Hbond substituents is 2. The van der Waals surface area contributed by atoms with E-state index in [1.165, 1.54) is 18.3 Å². The number of hydrogen-bond acceptors (Lipinski definition) is 5. The highest BCUT2D eigenvalue weighted by molar-refractivity contribution is 5.87. The first-order valence-corrected chi connectivity index (χ1v) is 7.83. The molecule has 0 fully saturated rings. The summed E-state index contributed by atoms with van der Waals surface area (Å²) in [6, 6.07) is 6.66. The summed E-state index contributed by atoms with van der Waals surface area (Å²) in [5.74, 6) is 0.143. The Labute approximate surface area is 146 Å². The number of ether oxygens (including phenoxy) is 1. The Bertz CT molecular complexity index is 805. The average Bonchev–Trinajstić information content (AvgIpc) is 2.53. The van der Waals surface area contributed by atoms with Crippen LogP contribution >= 0.6 is 0 Å². The van der Waals surface area contributed by atoms with Crippen LogP contribution in [-0.2, 0) is 4.79 Å². The van der Waals surface area contributed by atoms with Crippen LogP contribution in [0.1, 0.15) is 27.8 Å². The van der Waals surface area contributed by atoms with Crippen molar-refractivity contribution in [2.75, 3.05) is 6.61 Å². The molecule has 1 amide bonds. The molecule has 0 unspecified atom stereocenters. The van der Waals surface area contributed by atoms with Crippen molar-refractivity contribution in [1.82, 2.24) is 5.43 Å². The van der Waals surface area contributed by atoms with Gasteiger partial charge in [-0.1, -0.05) is 12.1 Å². The van der Waals surface area contributed by atoms with Crippen molar-refractivity contribution in [3.63, 3.8) is 0 Å². The summed E-state index contributed by atoms with van der Waals surface area (Å²) in [4.78, 5) is 11.9. The molecule has 132 valence electrons. The van der Waals surface area contributed by atoms with E-state index in [9.17, 15) is 15.0 Å². The molecule has 6 nitrogen and oxygen atoms in total. The van der Waals surface area contributed by atoms with Crippen LogP contribution in [0.15, 0.2) is 29.4 Å². The van der Waals surface area contributed by atoms with Crippen LogP contribution in [0.5, 0.6) is 17.2 Å². The summed E-state index contributed by atoms with van der Waals surface area (Å²) in [5, 5.41) is 23.0. The van der Waals surface area contributed by atoms with Gasteiger partial charge in [0.15, 0.2) is 6.61 Å². The third-order valence-corrected chi connectivity index (χ3v) is 3.95. The van der Waals surface area contributed by atoms with E-state index in [1.54, 1.807) is 6.92 Å². The number of hydrazone groups is 1. The number of amides is 1. The number of rotatable bonds is 5. The van der Waals surface area contributed by atoms with Gasteiger partial charge in [0.2, 0.25) is 0 Å². The molecule has 0 spiro atoms. The summed E-state index contributed by atoms with van der Waals surface area (Å²) in [6.45, 7) is 7.41. The molecule has 2 aromatic rings. The molecule has 25 heavy (non-hydrogen) atoms. The van der Waals surface area contributed by atoms with Gasteiger partial charge in [-0.15, -0.1) is 0 Å². The van der Waals surface area contributed by atoms with Crippen molar-refractivity contribution in [3.05, 3.63) is 52.1 Å². The number of hydrogen-bond donors (Lipinski definition) is 3. The van der Waals surface area contributed by atoms with Crippen LogP contribution in [-0.4, -0.2) is 28.9 Å². The van der Waals surface area contributed by atoms with Crippen LogP contribution in [0.2, 0.25) is 0 Å². The molecule has 0 aliphatic heterocycles. The maximum absolute atomic E-state index is 11.9. The molecule has 2 rings (SSSR count). The molecule has 6 heteroatoms. The van der Waals surface area contributed by atoms with Gasteiger partial charge in [0.1, 0.15) is 17.2 Å². The minimum atomic E-state index is -0.410. The van der Waals surface area contributed by atoms with Crippen molar-refractivity contribution in [1.29, 1.82) is 0 Å². The van der Waals surface area contributed by atoms with E-state index in [0.717, 1.165) is 16.7 Å². The Morgan fingerprint density at radius 1 is 1.12 bits per heavy atom. The largest absolute Gasteiger partial charge is 0.508 e. The van der Waals surface area contributed by atoms with Gasteiger partial charge in [0.05, 0.1) is 6.21 Å². The number of nitrogens with zero attached hydrogens (tertiary/aromatic N) is 1. The maximum Gasteiger partial charge on any atom is 0.277 e. The van der Waals surface area contributed by atoms with Gasteiger partial charge in [-0.05, 0) is 56.0 Å². The summed E-state index contributed by atoms with van der Waals surface area (Å²) in [5.41, 5.74) is 6.47. The summed E-state index contributed by atoms with van der Waals surface area (Å²) >= 11 is 0. The molecule has 0 aliphatic rings. The quantitative estimate of drug-likeness (QED) is 0.575. The highest BCUT2D eigenvalue weighted by Crippen LogP contribution is 2.26. The van der Waals surface area contributed by atoms with E-state index in [-0.39, 0.29) is 18.1 Å². The number of carbonyl (C=O) groups excluding carboxylic acids is 1. The molecule has 2 aromatic carbocycles. The first-order valence-electron chi connectivity index (χ1n) is 7.83. The minimum Gasteiger partial charge on any atom is -0.508 e. The van der Waals surface area contributed by atoms with E-state index in [0.29, 0.717) is 16.9 Å². The second-order valence-corrected chi connectivity index (χ2v) is 5.93. The van der Waals surface area contributed by atoms with Gasteiger partial charge < -0.3 is 14.9 Å². The predicted octanol–water partition coefficient (Wildman–Crippen LogP) is 2.86. The molecule has 0 atom stereocenters. The van der Waals surface area contributed by atoms with Crippen LogP contribution in [0.4, 0.5) is 0 Å². The maximum atomic E-state index is 11.9. The Morgan fingerprint density at radius 2 is 1.80 bits per heavy atom. The third-order valence-electron chi connectivity index (χ3n) is 3.95. The second kappa shape index (κ2) is 7.70. The van der Waals surface area contributed by atoms with Crippen molar-refractivity contribution in [3.8, 4) is 17.2 Å². The molecule has 0 aliphatic carbocycles. The summed E-state index contributed by atoms with van der Waals surface area (Å²) < 4.78 is 5.61. The van der Waals surface area contributed by atoms with Gasteiger partial charge in [-0.2, -0.15) is 5.10 Å². The lowest BCUT2D eigenvalue weighted by atomic mass is 10.1. The SMILES string of the molecule is Cc1ccc(C)c(OCC(=O)N/N=C\c2c(C)cc(O)cc2O)c1C. The molecule has 0 bridgehead atoms. The zero-order valence-corrected chi connectivity index (χ0v) is 14.8. The van der Waals surface area contributed by atoms with Gasteiger partial charge >= 0.3 is 0 Å². The fraction of sp³-hybridized carbons (Fsp3) is 0.263. The topological polar surface area (TPSA) is 91.2 Å². The van der Waals surface area contributed by atoms with Crippen molar-refractivity contribution < 1.29 is 19.7 Å². The van der Waals surface area contributed by atoms with Gasteiger partial charge in [-0.25, -0.2) is 5.43 Å². The van der Waals surface area contributed by atoms with E-state index >= 15 is 0 Å². The number of benzene rings is 2. The minimum absolute atomic E-state index is 0.0338. The van der Waals surface area contributed by atoms with Gasteiger partial charge in [0.25, 0.3) is 5.91 Å². The lowest BCUT2D eigenvalue weighted by molar-refractivity contribution is -0.123. The van der Waals surface area contributed by atoms with E-state index < -0.39 is 5.91 Å². The van der Waals surface area contributed by atoms with E-state index in [4.69, 9.17) is 4.74 Å². The number of carbonyl (C=O) groups is 1. The summed E-state index contributed by atoms with van der Waals surface area (Å²) in [7, 11) is 0. The van der Waals surface area contributed by atoms with E-state index in [1.807, 2.05) is 32.9 Å². The van der Waals surface area contributed by atoms with Crippen molar-refractivity contribution >= 4 is 12.1 Å². The second-order valence-electron chi connectivity index (χ2n) is 5.93. The van der Waals surface area contributed by atoms with Crippen LogP contribution in [0.25, 0.3) is 0 Å². The Morgan fingerprint density at radius 3 is 2.48 bits per heavy atom. The molecule has 0 saturated heterocycles. The van der Waals surface area contributed by atoms with E-state index in [2.05, 4.69) is 10.5 Å². The molecule has 0 radical (unpaired) electrons. The highest BCUT2D eigenvalue weighted by atomic mass is 16.5. The third kappa shape index (κ3) is 4.50.